The van der Waals surface area contributed by atoms with Gasteiger partial charge in [0.15, 0.2) is 9.84 Å². The van der Waals surface area contributed by atoms with Crippen LogP contribution in [-0.2, 0) is 9.84 Å². The second-order valence-electron chi connectivity index (χ2n) is 3.50. The zero-order valence-electron chi connectivity index (χ0n) is 10.3. The third kappa shape index (κ3) is 3.25. The highest BCUT2D eigenvalue weighted by atomic mass is 32.2. The molecule has 0 unspecified atom stereocenters. The van der Waals surface area contributed by atoms with E-state index in [1.54, 1.807) is 24.3 Å². The van der Waals surface area contributed by atoms with Crippen molar-refractivity contribution in [3.05, 3.63) is 28.7 Å². The van der Waals surface area contributed by atoms with Crippen molar-refractivity contribution >= 4 is 15.9 Å². The van der Waals surface area contributed by atoms with Crippen molar-refractivity contribution in [2.45, 2.75) is 0 Å². The van der Waals surface area contributed by atoms with E-state index in [4.69, 9.17) is 14.7 Å². The minimum absolute atomic E-state index is 0.314. The second kappa shape index (κ2) is 5.56. The molecule has 0 N–H and O–H groups in total. The number of allylic oxidation sites excluding steroid dienone is 1. The van der Waals surface area contributed by atoms with Crippen molar-refractivity contribution < 1.29 is 17.9 Å². The summed E-state index contributed by atoms with van der Waals surface area (Å²) in [6, 6.07) is 6.55. The Morgan fingerprint density at radius 3 is 2.44 bits per heavy atom. The number of sulfone groups is 1. The van der Waals surface area contributed by atoms with Crippen LogP contribution >= 0.6 is 0 Å². The van der Waals surface area contributed by atoms with Crippen LogP contribution in [0, 0.1) is 11.3 Å². The van der Waals surface area contributed by atoms with Gasteiger partial charge in [0, 0.05) is 17.9 Å². The van der Waals surface area contributed by atoms with Gasteiger partial charge in [-0.2, -0.15) is 5.26 Å². The first-order valence-corrected chi connectivity index (χ1v) is 6.85. The van der Waals surface area contributed by atoms with Gasteiger partial charge in [0.05, 0.1) is 14.2 Å². The summed E-state index contributed by atoms with van der Waals surface area (Å²) in [4.78, 5) is -0.314. The molecular weight excluding hydrogens is 254 g/mol. The maximum absolute atomic E-state index is 11.3. The molecule has 18 heavy (non-hydrogen) atoms. The van der Waals surface area contributed by atoms with Gasteiger partial charge < -0.3 is 9.47 Å². The number of benzene rings is 1. The first-order chi connectivity index (χ1) is 8.42. The lowest BCUT2D eigenvalue weighted by atomic mass is 10.2. The Kier molecular flexibility index (Phi) is 4.34. The Labute approximate surface area is 106 Å². The molecule has 0 saturated carbocycles. The first kappa shape index (κ1) is 14.1. The van der Waals surface area contributed by atoms with Crippen LogP contribution in [-0.4, -0.2) is 28.9 Å². The lowest BCUT2D eigenvalue weighted by Gasteiger charge is -2.07. The molecule has 6 heteroatoms. The summed E-state index contributed by atoms with van der Waals surface area (Å²) in [5.74, 6) is 1.02. The Bertz CT molecular complexity index is 611. The van der Waals surface area contributed by atoms with Crippen molar-refractivity contribution in [3.63, 3.8) is 0 Å². The van der Waals surface area contributed by atoms with Gasteiger partial charge in [-0.05, 0) is 18.2 Å². The SMILES string of the molecule is COc1ccc(/C=C(\C#N)S(C)(=O)=O)c(OC)c1. The summed E-state index contributed by atoms with van der Waals surface area (Å²) >= 11 is 0. The molecule has 0 fully saturated rings. The van der Waals surface area contributed by atoms with Crippen LogP contribution in [0.2, 0.25) is 0 Å². The lowest BCUT2D eigenvalue weighted by molar-refractivity contribution is 0.394. The first-order valence-electron chi connectivity index (χ1n) is 4.96. The topological polar surface area (TPSA) is 76.4 Å². The molecule has 0 aliphatic carbocycles. The molecule has 0 saturated heterocycles. The third-order valence-corrected chi connectivity index (χ3v) is 3.24. The van der Waals surface area contributed by atoms with Crippen LogP contribution in [0.15, 0.2) is 23.1 Å². The van der Waals surface area contributed by atoms with Crippen molar-refractivity contribution in [1.82, 2.24) is 0 Å². The molecule has 5 nitrogen and oxygen atoms in total. The summed E-state index contributed by atoms with van der Waals surface area (Å²) in [5.41, 5.74) is 0.500. The molecule has 1 aromatic carbocycles. The maximum atomic E-state index is 11.3. The summed E-state index contributed by atoms with van der Waals surface area (Å²) in [5, 5.41) is 8.82. The monoisotopic (exact) mass is 267 g/mol. The fraction of sp³-hybridized carbons (Fsp3) is 0.250. The minimum Gasteiger partial charge on any atom is -0.497 e. The van der Waals surface area contributed by atoms with Crippen LogP contribution in [0.4, 0.5) is 0 Å². The minimum atomic E-state index is -3.54. The summed E-state index contributed by atoms with van der Waals surface area (Å²) < 4.78 is 32.8. The molecule has 0 aliphatic heterocycles. The Balaban J connectivity index is 3.35. The maximum Gasteiger partial charge on any atom is 0.185 e. The quantitative estimate of drug-likeness (QED) is 0.775. The van der Waals surface area contributed by atoms with E-state index in [2.05, 4.69) is 0 Å². The highest BCUT2D eigenvalue weighted by Gasteiger charge is 2.12. The van der Waals surface area contributed by atoms with Crippen molar-refractivity contribution in [3.8, 4) is 17.6 Å². The van der Waals surface area contributed by atoms with Gasteiger partial charge in [0.1, 0.15) is 22.5 Å². The number of methoxy groups -OCH3 is 2. The molecule has 0 aliphatic rings. The number of ether oxygens (including phenoxy) is 2. The molecule has 0 bridgehead atoms. The standard InChI is InChI=1S/C12H13NO4S/c1-16-10-5-4-9(12(7-10)17-2)6-11(8-13)18(3,14)15/h4-7H,1-3H3/b11-6+. The molecule has 0 atom stereocenters. The highest BCUT2D eigenvalue weighted by molar-refractivity contribution is 7.95. The van der Waals surface area contributed by atoms with E-state index < -0.39 is 9.84 Å². The van der Waals surface area contributed by atoms with Gasteiger partial charge in [-0.15, -0.1) is 0 Å². The van der Waals surface area contributed by atoms with E-state index >= 15 is 0 Å². The molecule has 0 spiro atoms. The number of nitriles is 1. The van der Waals surface area contributed by atoms with Crippen molar-refractivity contribution in [2.75, 3.05) is 20.5 Å². The smallest absolute Gasteiger partial charge is 0.185 e. The molecule has 0 heterocycles. The summed E-state index contributed by atoms with van der Waals surface area (Å²) in [6.45, 7) is 0. The normalized spacial score (nSPS) is 11.8. The van der Waals surface area contributed by atoms with E-state index in [1.807, 2.05) is 0 Å². The zero-order chi connectivity index (χ0) is 13.8. The zero-order valence-corrected chi connectivity index (χ0v) is 11.1. The molecule has 1 aromatic rings. The average molecular weight is 267 g/mol. The summed E-state index contributed by atoms with van der Waals surface area (Å²) in [7, 11) is -0.568. The van der Waals surface area contributed by atoms with Gasteiger partial charge in [0.2, 0.25) is 0 Å². The van der Waals surface area contributed by atoms with Gasteiger partial charge in [-0.25, -0.2) is 8.42 Å². The molecule has 1 rings (SSSR count). The third-order valence-electron chi connectivity index (χ3n) is 2.24. The second-order valence-corrected chi connectivity index (χ2v) is 5.48. The van der Waals surface area contributed by atoms with E-state index in [-0.39, 0.29) is 4.91 Å². The van der Waals surface area contributed by atoms with Crippen molar-refractivity contribution in [2.24, 2.45) is 0 Å². The van der Waals surface area contributed by atoms with Crippen LogP contribution in [0.1, 0.15) is 5.56 Å². The van der Waals surface area contributed by atoms with Crippen molar-refractivity contribution in [1.29, 1.82) is 5.26 Å². The van der Waals surface area contributed by atoms with Crippen LogP contribution in [0.3, 0.4) is 0 Å². The number of hydrogen-bond donors (Lipinski definition) is 0. The largest absolute Gasteiger partial charge is 0.497 e. The van der Waals surface area contributed by atoms with E-state index in [0.717, 1.165) is 6.26 Å². The Hall–Kier alpha value is -2.00. The number of hydrogen-bond acceptors (Lipinski definition) is 5. The van der Waals surface area contributed by atoms with Crippen LogP contribution in [0.25, 0.3) is 6.08 Å². The van der Waals surface area contributed by atoms with Gasteiger partial charge in [0.25, 0.3) is 0 Å². The van der Waals surface area contributed by atoms with Gasteiger partial charge in [-0.1, -0.05) is 0 Å². The number of rotatable bonds is 4. The lowest BCUT2D eigenvalue weighted by Crippen LogP contribution is -1.99. The Morgan fingerprint density at radius 2 is 2.00 bits per heavy atom. The predicted molar refractivity (Wildman–Crippen MR) is 68.0 cm³/mol. The van der Waals surface area contributed by atoms with Crippen LogP contribution < -0.4 is 9.47 Å². The van der Waals surface area contributed by atoms with E-state index in [9.17, 15) is 8.42 Å². The van der Waals surface area contributed by atoms with Crippen LogP contribution in [0.5, 0.6) is 11.5 Å². The number of nitrogens with zero attached hydrogens (tertiary/aromatic N) is 1. The molecule has 0 amide bonds. The average Bonchev–Trinajstić information content (AvgIpc) is 2.34. The van der Waals surface area contributed by atoms with Gasteiger partial charge in [-0.3, -0.25) is 0 Å². The highest BCUT2D eigenvalue weighted by Crippen LogP contribution is 2.27. The molecule has 96 valence electrons. The summed E-state index contributed by atoms with van der Waals surface area (Å²) in [6.07, 6.45) is 2.26. The molecule has 0 aromatic heterocycles. The fourth-order valence-corrected chi connectivity index (χ4v) is 1.81. The fourth-order valence-electron chi connectivity index (χ4n) is 1.30. The van der Waals surface area contributed by atoms with E-state index in [0.29, 0.717) is 17.1 Å². The van der Waals surface area contributed by atoms with E-state index in [1.165, 1.54) is 20.3 Å². The predicted octanol–water partition coefficient (Wildman–Crippen LogP) is 1.61. The molecule has 0 radical (unpaired) electrons. The van der Waals surface area contributed by atoms with Gasteiger partial charge >= 0.3 is 0 Å². The Morgan fingerprint density at radius 1 is 1.33 bits per heavy atom. The molecular formula is C12H13NO4S.